The van der Waals surface area contributed by atoms with Gasteiger partial charge in [0.05, 0.1) is 33.1 Å². The standard InChI is InChI=1S/C44H28N6/c1-3-11-31(12-4-1)47-23-20-29-25-35-33-15-7-9-17-37(33)49(41(35)27-39(29)47)43-19-22-45-44(46-43)50-38-18-10-8-16-34(38)36-26-30-21-24-48(40(30)28-42(36)50)32-13-5-2-6-14-32/h1-28H. The zero-order valence-corrected chi connectivity index (χ0v) is 26.8. The topological polar surface area (TPSA) is 45.5 Å². The van der Waals surface area contributed by atoms with E-state index in [4.69, 9.17) is 9.97 Å². The summed E-state index contributed by atoms with van der Waals surface area (Å²) in [5.41, 5.74) is 8.89. The Labute approximate surface area is 286 Å². The summed E-state index contributed by atoms with van der Waals surface area (Å²) >= 11 is 0. The van der Waals surface area contributed by atoms with Crippen molar-refractivity contribution >= 4 is 65.4 Å². The van der Waals surface area contributed by atoms with Crippen LogP contribution in [0.5, 0.6) is 0 Å². The van der Waals surface area contributed by atoms with Crippen LogP contribution in [0.1, 0.15) is 0 Å². The third kappa shape index (κ3) is 3.84. The number of hydrogen-bond acceptors (Lipinski definition) is 2. The number of para-hydroxylation sites is 4. The highest BCUT2D eigenvalue weighted by atomic mass is 15.2. The van der Waals surface area contributed by atoms with Gasteiger partial charge in [-0.2, -0.15) is 4.98 Å². The maximum atomic E-state index is 5.36. The van der Waals surface area contributed by atoms with E-state index in [2.05, 4.69) is 176 Å². The van der Waals surface area contributed by atoms with Crippen LogP contribution in [0.4, 0.5) is 0 Å². The van der Waals surface area contributed by atoms with Crippen molar-refractivity contribution in [3.63, 3.8) is 0 Å². The first-order chi connectivity index (χ1) is 24.8. The van der Waals surface area contributed by atoms with Crippen molar-refractivity contribution in [3.05, 3.63) is 170 Å². The quantitative estimate of drug-likeness (QED) is 0.192. The van der Waals surface area contributed by atoms with Crippen LogP contribution in [-0.4, -0.2) is 28.2 Å². The van der Waals surface area contributed by atoms with Crippen LogP contribution in [0.15, 0.2) is 170 Å². The first-order valence-corrected chi connectivity index (χ1v) is 16.8. The summed E-state index contributed by atoms with van der Waals surface area (Å²) in [6, 6.07) is 53.7. The van der Waals surface area contributed by atoms with Crippen LogP contribution in [0.25, 0.3) is 88.6 Å². The van der Waals surface area contributed by atoms with Crippen molar-refractivity contribution in [1.82, 2.24) is 28.2 Å². The minimum absolute atomic E-state index is 0.630. The lowest BCUT2D eigenvalue weighted by atomic mass is 10.1. The number of aromatic nitrogens is 6. The van der Waals surface area contributed by atoms with E-state index in [1.54, 1.807) is 0 Å². The van der Waals surface area contributed by atoms with Gasteiger partial charge in [-0.25, -0.2) is 4.98 Å². The molecule has 5 heterocycles. The SMILES string of the molecule is c1ccc(-n2ccc3cc4c5ccccc5n(-c5ccnc(-n6c7ccccc7c7cc8ccn(-c9ccccc9)c8cc76)n5)c4cc32)cc1. The Kier molecular flexibility index (Phi) is 5.57. The summed E-state index contributed by atoms with van der Waals surface area (Å²) in [5, 5.41) is 7.12. The lowest BCUT2D eigenvalue weighted by molar-refractivity contribution is 0.948. The summed E-state index contributed by atoms with van der Waals surface area (Å²) in [5.74, 6) is 1.45. The zero-order chi connectivity index (χ0) is 32.8. The fourth-order valence-corrected chi connectivity index (χ4v) is 7.86. The lowest BCUT2D eigenvalue weighted by Crippen LogP contribution is -2.05. The molecule has 0 aliphatic rings. The Morgan fingerprint density at radius 1 is 0.380 bits per heavy atom. The molecular weight excluding hydrogens is 613 g/mol. The number of hydrogen-bond donors (Lipinski definition) is 0. The van der Waals surface area contributed by atoms with Gasteiger partial charge in [-0.1, -0.05) is 72.8 Å². The smallest absolute Gasteiger partial charge is 0.236 e. The molecule has 11 aromatic rings. The van der Waals surface area contributed by atoms with Gasteiger partial charge in [0.1, 0.15) is 5.82 Å². The minimum Gasteiger partial charge on any atom is -0.316 e. The van der Waals surface area contributed by atoms with Gasteiger partial charge in [-0.3, -0.25) is 9.13 Å². The van der Waals surface area contributed by atoms with E-state index in [1.165, 1.54) is 32.3 Å². The molecule has 0 saturated heterocycles. The molecule has 0 unspecified atom stereocenters. The van der Waals surface area contributed by atoms with Gasteiger partial charge in [0.2, 0.25) is 5.95 Å². The Balaban J connectivity index is 1.17. The van der Waals surface area contributed by atoms with E-state index in [0.29, 0.717) is 5.95 Å². The molecule has 0 fully saturated rings. The van der Waals surface area contributed by atoms with E-state index in [1.807, 2.05) is 12.3 Å². The molecule has 0 saturated carbocycles. The maximum absolute atomic E-state index is 5.36. The predicted molar refractivity (Wildman–Crippen MR) is 204 cm³/mol. The molecule has 0 N–H and O–H groups in total. The van der Waals surface area contributed by atoms with Gasteiger partial charge in [0.15, 0.2) is 0 Å². The fourth-order valence-electron chi connectivity index (χ4n) is 7.86. The van der Waals surface area contributed by atoms with E-state index in [-0.39, 0.29) is 0 Å². The molecule has 0 aliphatic heterocycles. The highest BCUT2D eigenvalue weighted by Crippen LogP contribution is 2.37. The summed E-state index contributed by atoms with van der Waals surface area (Å²) in [6.45, 7) is 0. The number of fused-ring (bicyclic) bond motifs is 8. The van der Waals surface area contributed by atoms with Crippen molar-refractivity contribution in [2.75, 3.05) is 0 Å². The first kappa shape index (κ1) is 27.1. The molecule has 6 nitrogen and oxygen atoms in total. The molecular formula is C44H28N6. The Morgan fingerprint density at radius 2 is 0.880 bits per heavy atom. The first-order valence-electron chi connectivity index (χ1n) is 16.8. The summed E-state index contributed by atoms with van der Waals surface area (Å²) in [4.78, 5) is 10.3. The molecule has 6 heteroatoms. The van der Waals surface area contributed by atoms with Crippen LogP contribution >= 0.6 is 0 Å². The van der Waals surface area contributed by atoms with Crippen molar-refractivity contribution in [1.29, 1.82) is 0 Å². The second-order valence-electron chi connectivity index (χ2n) is 12.8. The Bertz CT molecular complexity index is 2880. The summed E-state index contributed by atoms with van der Waals surface area (Å²) in [6.07, 6.45) is 6.19. The predicted octanol–water partition coefficient (Wildman–Crippen LogP) is 10.6. The molecule has 0 aliphatic carbocycles. The maximum Gasteiger partial charge on any atom is 0.236 e. The molecule has 6 aromatic carbocycles. The van der Waals surface area contributed by atoms with Gasteiger partial charge < -0.3 is 9.13 Å². The van der Waals surface area contributed by atoms with E-state index in [0.717, 1.165) is 50.3 Å². The van der Waals surface area contributed by atoms with E-state index in [9.17, 15) is 0 Å². The van der Waals surface area contributed by atoms with Gasteiger partial charge in [-0.05, 0) is 78.9 Å². The number of benzene rings is 6. The molecule has 0 spiro atoms. The fraction of sp³-hybridized carbons (Fsp3) is 0. The second kappa shape index (κ2) is 10.3. The normalized spacial score (nSPS) is 12.0. The minimum atomic E-state index is 0.630. The van der Waals surface area contributed by atoms with E-state index < -0.39 is 0 Å². The second-order valence-corrected chi connectivity index (χ2v) is 12.8. The van der Waals surface area contributed by atoms with Crippen molar-refractivity contribution in [2.45, 2.75) is 0 Å². The average molecular weight is 641 g/mol. The van der Waals surface area contributed by atoms with Crippen molar-refractivity contribution < 1.29 is 0 Å². The molecule has 50 heavy (non-hydrogen) atoms. The van der Waals surface area contributed by atoms with Crippen LogP contribution in [0.2, 0.25) is 0 Å². The highest BCUT2D eigenvalue weighted by molar-refractivity contribution is 6.14. The molecule has 0 atom stereocenters. The van der Waals surface area contributed by atoms with Crippen LogP contribution < -0.4 is 0 Å². The largest absolute Gasteiger partial charge is 0.316 e. The molecule has 0 bridgehead atoms. The molecule has 11 rings (SSSR count). The molecule has 234 valence electrons. The van der Waals surface area contributed by atoms with Crippen LogP contribution in [0, 0.1) is 0 Å². The lowest BCUT2D eigenvalue weighted by Gasteiger charge is -2.11. The molecule has 5 aromatic heterocycles. The zero-order valence-electron chi connectivity index (χ0n) is 26.8. The Morgan fingerprint density at radius 3 is 1.46 bits per heavy atom. The molecule has 0 amide bonds. The van der Waals surface area contributed by atoms with Gasteiger partial charge >= 0.3 is 0 Å². The van der Waals surface area contributed by atoms with Gasteiger partial charge in [-0.15, -0.1) is 0 Å². The third-order valence-corrected chi connectivity index (χ3v) is 10.1. The van der Waals surface area contributed by atoms with Gasteiger partial charge in [0, 0.05) is 62.3 Å². The molecule has 0 radical (unpaired) electrons. The summed E-state index contributed by atoms with van der Waals surface area (Å²) < 4.78 is 9.00. The Hall–Kier alpha value is -6.92. The summed E-state index contributed by atoms with van der Waals surface area (Å²) in [7, 11) is 0. The number of nitrogens with zero attached hydrogens (tertiary/aromatic N) is 6. The number of rotatable bonds is 4. The van der Waals surface area contributed by atoms with Gasteiger partial charge in [0.25, 0.3) is 0 Å². The van der Waals surface area contributed by atoms with Crippen LogP contribution in [0.3, 0.4) is 0 Å². The highest BCUT2D eigenvalue weighted by Gasteiger charge is 2.19. The van der Waals surface area contributed by atoms with Crippen molar-refractivity contribution in [2.24, 2.45) is 0 Å². The van der Waals surface area contributed by atoms with E-state index >= 15 is 0 Å². The monoisotopic (exact) mass is 640 g/mol. The van der Waals surface area contributed by atoms with Crippen LogP contribution in [-0.2, 0) is 0 Å². The third-order valence-electron chi connectivity index (χ3n) is 10.1. The van der Waals surface area contributed by atoms with Crippen molar-refractivity contribution in [3.8, 4) is 23.1 Å². The average Bonchev–Trinajstić information content (AvgIpc) is 3.94.